The lowest BCUT2D eigenvalue weighted by Gasteiger charge is -2.18. The number of benzene rings is 1. The molecule has 0 atom stereocenters. The molecule has 0 fully saturated rings. The Labute approximate surface area is 124 Å². The molecule has 1 aromatic carbocycles. The summed E-state index contributed by atoms with van der Waals surface area (Å²) in [5.41, 5.74) is 1.39. The normalized spacial score (nSPS) is 10.9. The first-order valence-corrected chi connectivity index (χ1v) is 7.12. The average Bonchev–Trinajstić information content (AvgIpc) is 2.47. The molecule has 114 valence electrons. The predicted molar refractivity (Wildman–Crippen MR) is 85.7 cm³/mol. The van der Waals surface area contributed by atoms with Crippen LogP contribution in [0.15, 0.2) is 23.0 Å². The quantitative estimate of drug-likeness (QED) is 0.919. The average molecular weight is 290 g/mol. The minimum Gasteiger partial charge on any atom is -0.500 e. The molecule has 0 radical (unpaired) electrons. The molecule has 0 saturated carbocycles. The Hall–Kier alpha value is -2.17. The summed E-state index contributed by atoms with van der Waals surface area (Å²) >= 11 is 0. The lowest BCUT2D eigenvalue weighted by molar-refractivity contribution is 0.370. The zero-order chi connectivity index (χ0) is 15.6. The SMILES string of the molecule is CCCCn1c(=O)c(O)c(OC)c2ccc(N(C)C)cc21. The minimum absolute atomic E-state index is 0.244. The van der Waals surface area contributed by atoms with Gasteiger partial charge in [-0.05, 0) is 24.6 Å². The smallest absolute Gasteiger partial charge is 0.297 e. The summed E-state index contributed by atoms with van der Waals surface area (Å²) in [6, 6.07) is 5.78. The molecule has 0 saturated heterocycles. The number of anilines is 1. The molecule has 1 aromatic heterocycles. The van der Waals surface area contributed by atoms with Crippen molar-refractivity contribution in [3.8, 4) is 11.5 Å². The molecule has 0 aliphatic rings. The zero-order valence-corrected chi connectivity index (χ0v) is 13.0. The third-order valence-corrected chi connectivity index (χ3v) is 3.64. The summed E-state index contributed by atoms with van der Waals surface area (Å²) in [6.07, 6.45) is 1.86. The second-order valence-corrected chi connectivity index (χ2v) is 5.29. The van der Waals surface area contributed by atoms with Gasteiger partial charge < -0.3 is 19.3 Å². The van der Waals surface area contributed by atoms with Gasteiger partial charge >= 0.3 is 0 Å². The van der Waals surface area contributed by atoms with Gasteiger partial charge in [-0.1, -0.05) is 13.3 Å². The summed E-state index contributed by atoms with van der Waals surface area (Å²) < 4.78 is 6.85. The van der Waals surface area contributed by atoms with Crippen molar-refractivity contribution in [2.75, 3.05) is 26.1 Å². The number of aromatic hydroxyl groups is 1. The van der Waals surface area contributed by atoms with Crippen molar-refractivity contribution in [1.82, 2.24) is 4.57 Å². The van der Waals surface area contributed by atoms with E-state index in [2.05, 4.69) is 6.92 Å². The van der Waals surface area contributed by atoms with Crippen molar-refractivity contribution in [3.05, 3.63) is 28.6 Å². The van der Waals surface area contributed by atoms with E-state index >= 15 is 0 Å². The van der Waals surface area contributed by atoms with Crippen molar-refractivity contribution in [2.24, 2.45) is 0 Å². The van der Waals surface area contributed by atoms with Crippen LogP contribution in [0.4, 0.5) is 5.69 Å². The number of hydrogen-bond donors (Lipinski definition) is 1. The summed E-state index contributed by atoms with van der Waals surface area (Å²) in [5, 5.41) is 10.8. The first kappa shape index (κ1) is 15.2. The van der Waals surface area contributed by atoms with Gasteiger partial charge in [-0.15, -0.1) is 0 Å². The molecule has 1 heterocycles. The van der Waals surface area contributed by atoms with Gasteiger partial charge in [0.15, 0.2) is 5.75 Å². The third-order valence-electron chi connectivity index (χ3n) is 3.64. The van der Waals surface area contributed by atoms with Gasteiger partial charge in [-0.2, -0.15) is 0 Å². The lowest BCUT2D eigenvalue weighted by atomic mass is 10.1. The highest BCUT2D eigenvalue weighted by atomic mass is 16.5. The van der Waals surface area contributed by atoms with E-state index in [0.29, 0.717) is 6.54 Å². The Morgan fingerprint density at radius 3 is 2.62 bits per heavy atom. The Kier molecular flexibility index (Phi) is 4.40. The van der Waals surface area contributed by atoms with Crippen molar-refractivity contribution in [1.29, 1.82) is 0 Å². The lowest BCUT2D eigenvalue weighted by Crippen LogP contribution is -2.21. The first-order valence-electron chi connectivity index (χ1n) is 7.12. The van der Waals surface area contributed by atoms with Gasteiger partial charge in [0.05, 0.1) is 12.6 Å². The largest absolute Gasteiger partial charge is 0.500 e. The van der Waals surface area contributed by atoms with Crippen LogP contribution in [0.3, 0.4) is 0 Å². The molecule has 5 heteroatoms. The number of rotatable bonds is 5. The molecule has 5 nitrogen and oxygen atoms in total. The van der Waals surface area contributed by atoms with Crippen LogP contribution in [0.1, 0.15) is 19.8 Å². The van der Waals surface area contributed by atoms with Gasteiger partial charge in [0, 0.05) is 31.7 Å². The third kappa shape index (κ3) is 2.68. The number of fused-ring (bicyclic) bond motifs is 1. The Bertz CT molecular complexity index is 705. The number of hydrogen-bond acceptors (Lipinski definition) is 4. The minimum atomic E-state index is -0.399. The fourth-order valence-corrected chi connectivity index (χ4v) is 2.42. The molecule has 0 bridgehead atoms. The van der Waals surface area contributed by atoms with Crippen LogP contribution in [-0.4, -0.2) is 30.9 Å². The van der Waals surface area contributed by atoms with E-state index in [1.807, 2.05) is 37.2 Å². The molecule has 0 aliphatic heterocycles. The molecular weight excluding hydrogens is 268 g/mol. The van der Waals surface area contributed by atoms with E-state index in [4.69, 9.17) is 4.74 Å². The molecule has 2 aromatic rings. The van der Waals surface area contributed by atoms with E-state index in [1.54, 1.807) is 4.57 Å². The van der Waals surface area contributed by atoms with Gasteiger partial charge in [0.25, 0.3) is 5.56 Å². The van der Waals surface area contributed by atoms with Crippen LogP contribution >= 0.6 is 0 Å². The predicted octanol–water partition coefficient (Wildman–Crippen LogP) is 2.58. The molecule has 21 heavy (non-hydrogen) atoms. The zero-order valence-electron chi connectivity index (χ0n) is 13.0. The van der Waals surface area contributed by atoms with E-state index in [9.17, 15) is 9.90 Å². The van der Waals surface area contributed by atoms with E-state index in [1.165, 1.54) is 7.11 Å². The fraction of sp³-hybridized carbons (Fsp3) is 0.438. The fourth-order valence-electron chi connectivity index (χ4n) is 2.42. The number of aryl methyl sites for hydroxylation is 1. The number of aromatic nitrogens is 1. The van der Waals surface area contributed by atoms with E-state index in [-0.39, 0.29) is 11.5 Å². The monoisotopic (exact) mass is 290 g/mol. The molecule has 0 unspecified atom stereocenters. The van der Waals surface area contributed by atoms with Crippen LogP contribution in [0, 0.1) is 0 Å². The van der Waals surface area contributed by atoms with E-state index in [0.717, 1.165) is 29.4 Å². The standard InChI is InChI=1S/C16H22N2O3/c1-5-6-9-18-13-10-11(17(2)3)7-8-12(13)15(21-4)14(19)16(18)20/h7-8,10,19H,5-6,9H2,1-4H3. The second-order valence-electron chi connectivity index (χ2n) is 5.29. The summed E-state index contributed by atoms with van der Waals surface area (Å²) in [4.78, 5) is 14.3. The van der Waals surface area contributed by atoms with Gasteiger partial charge in [-0.25, -0.2) is 0 Å². The number of pyridine rings is 1. The summed E-state index contributed by atoms with van der Waals surface area (Å²) in [6.45, 7) is 2.65. The Morgan fingerprint density at radius 2 is 2.05 bits per heavy atom. The maximum atomic E-state index is 12.4. The maximum Gasteiger partial charge on any atom is 0.297 e. The number of unbranched alkanes of at least 4 members (excludes halogenated alkanes) is 1. The van der Waals surface area contributed by atoms with Crippen LogP contribution in [0.25, 0.3) is 10.9 Å². The highest BCUT2D eigenvalue weighted by Crippen LogP contribution is 2.33. The topological polar surface area (TPSA) is 54.7 Å². The molecule has 0 spiro atoms. The van der Waals surface area contributed by atoms with Crippen molar-refractivity contribution in [3.63, 3.8) is 0 Å². The van der Waals surface area contributed by atoms with Crippen molar-refractivity contribution in [2.45, 2.75) is 26.3 Å². The maximum absolute atomic E-state index is 12.4. The first-order chi connectivity index (χ1) is 10.0. The van der Waals surface area contributed by atoms with Crippen molar-refractivity contribution < 1.29 is 9.84 Å². The molecule has 0 aliphatic carbocycles. The highest BCUT2D eigenvalue weighted by Gasteiger charge is 2.17. The van der Waals surface area contributed by atoms with Crippen LogP contribution in [0.5, 0.6) is 11.5 Å². The highest BCUT2D eigenvalue weighted by molar-refractivity contribution is 5.90. The second kappa shape index (κ2) is 6.08. The number of ether oxygens (including phenoxy) is 1. The Morgan fingerprint density at radius 1 is 1.33 bits per heavy atom. The molecule has 1 N–H and O–H groups in total. The van der Waals surface area contributed by atoms with Gasteiger partial charge in [-0.3, -0.25) is 4.79 Å². The van der Waals surface area contributed by atoms with Crippen molar-refractivity contribution >= 4 is 16.6 Å². The van der Waals surface area contributed by atoms with Crippen LogP contribution in [0.2, 0.25) is 0 Å². The summed E-state index contributed by atoms with van der Waals surface area (Å²) in [5.74, 6) is -0.0771. The molecule has 0 amide bonds. The van der Waals surface area contributed by atoms with E-state index < -0.39 is 5.56 Å². The number of nitrogens with zero attached hydrogens (tertiary/aromatic N) is 2. The van der Waals surface area contributed by atoms with Crippen LogP contribution < -0.4 is 15.2 Å². The van der Waals surface area contributed by atoms with Gasteiger partial charge in [0.1, 0.15) is 0 Å². The number of methoxy groups -OCH3 is 1. The summed E-state index contributed by atoms with van der Waals surface area (Å²) in [7, 11) is 5.37. The Balaban J connectivity index is 2.81. The van der Waals surface area contributed by atoms with Crippen LogP contribution in [-0.2, 0) is 6.54 Å². The van der Waals surface area contributed by atoms with Gasteiger partial charge in [0.2, 0.25) is 5.75 Å². The molecule has 2 rings (SSSR count). The molecular formula is C16H22N2O3.